The van der Waals surface area contributed by atoms with E-state index < -0.39 is 7.12 Å². The predicted octanol–water partition coefficient (Wildman–Crippen LogP) is -1.35. The molecule has 0 spiro atoms. The van der Waals surface area contributed by atoms with E-state index in [1.165, 1.54) is 12.3 Å². The first-order valence-corrected chi connectivity index (χ1v) is 4.38. The van der Waals surface area contributed by atoms with Gasteiger partial charge in [-0.25, -0.2) is 15.0 Å². The van der Waals surface area contributed by atoms with Gasteiger partial charge in [-0.2, -0.15) is 0 Å². The number of hydrogen-bond donors (Lipinski definition) is 2. The molecule has 76 valence electrons. The molecule has 0 aliphatic rings. The summed E-state index contributed by atoms with van der Waals surface area (Å²) in [5.74, 6) is 1.11. The third kappa shape index (κ3) is 1.88. The highest BCUT2D eigenvalue weighted by Gasteiger charge is 2.14. The van der Waals surface area contributed by atoms with Gasteiger partial charge in [0, 0.05) is 18.6 Å². The number of rotatable bonds is 2. The molecule has 0 aliphatic carbocycles. The molecular formula is C8H9BN4O2. The largest absolute Gasteiger partial charge is 0.508 e. The first-order valence-electron chi connectivity index (χ1n) is 4.38. The Morgan fingerprint density at radius 2 is 2.07 bits per heavy atom. The fourth-order valence-corrected chi connectivity index (χ4v) is 1.21. The summed E-state index contributed by atoms with van der Waals surface area (Å²) in [6.45, 7) is 1.81. The van der Waals surface area contributed by atoms with Crippen molar-refractivity contribution in [1.29, 1.82) is 0 Å². The van der Waals surface area contributed by atoms with Crippen LogP contribution in [0.2, 0.25) is 0 Å². The third-order valence-electron chi connectivity index (χ3n) is 1.97. The van der Waals surface area contributed by atoms with Gasteiger partial charge in [0.25, 0.3) is 0 Å². The normalized spacial score (nSPS) is 10.3. The lowest BCUT2D eigenvalue weighted by molar-refractivity contribution is 0.424. The summed E-state index contributed by atoms with van der Waals surface area (Å²) in [4.78, 5) is 12.0. The fourth-order valence-electron chi connectivity index (χ4n) is 1.21. The van der Waals surface area contributed by atoms with E-state index in [1.54, 1.807) is 17.0 Å². The van der Waals surface area contributed by atoms with Crippen molar-refractivity contribution < 1.29 is 10.0 Å². The Hall–Kier alpha value is -1.73. The van der Waals surface area contributed by atoms with Gasteiger partial charge >= 0.3 is 7.12 Å². The zero-order chi connectivity index (χ0) is 10.8. The highest BCUT2D eigenvalue weighted by atomic mass is 16.4. The standard InChI is InChI=1S/C8H9BN4O2/c1-6-10-4-5-13(6)8-11-3-2-7(12-8)9(14)15/h2-5,14-15H,1H3. The maximum absolute atomic E-state index is 8.96. The van der Waals surface area contributed by atoms with Crippen molar-refractivity contribution in [3.63, 3.8) is 0 Å². The van der Waals surface area contributed by atoms with Gasteiger partial charge < -0.3 is 10.0 Å². The van der Waals surface area contributed by atoms with Crippen LogP contribution < -0.4 is 5.59 Å². The van der Waals surface area contributed by atoms with Gasteiger partial charge in [0.2, 0.25) is 5.95 Å². The molecule has 0 saturated carbocycles. The van der Waals surface area contributed by atoms with Crippen LogP contribution in [0.1, 0.15) is 5.82 Å². The lowest BCUT2D eigenvalue weighted by Crippen LogP contribution is -2.33. The Balaban J connectivity index is 2.46. The Bertz CT molecular complexity index is 471. The van der Waals surface area contributed by atoms with Gasteiger partial charge in [0.1, 0.15) is 5.82 Å². The van der Waals surface area contributed by atoms with Gasteiger partial charge in [-0.3, -0.25) is 4.57 Å². The number of imidazole rings is 1. The molecule has 7 heteroatoms. The van der Waals surface area contributed by atoms with Crippen molar-refractivity contribution in [2.24, 2.45) is 0 Å². The number of aryl methyl sites for hydroxylation is 1. The molecule has 2 N–H and O–H groups in total. The van der Waals surface area contributed by atoms with Crippen molar-refractivity contribution in [1.82, 2.24) is 19.5 Å². The minimum Gasteiger partial charge on any atom is -0.422 e. The van der Waals surface area contributed by atoms with Gasteiger partial charge in [0.15, 0.2) is 0 Å². The molecular weight excluding hydrogens is 195 g/mol. The van der Waals surface area contributed by atoms with Crippen molar-refractivity contribution in [3.8, 4) is 5.95 Å². The van der Waals surface area contributed by atoms with Crippen LogP contribution in [0, 0.1) is 6.92 Å². The van der Waals surface area contributed by atoms with E-state index in [0.29, 0.717) is 5.95 Å². The van der Waals surface area contributed by atoms with Gasteiger partial charge in [-0.1, -0.05) is 0 Å². The zero-order valence-corrected chi connectivity index (χ0v) is 8.07. The minimum atomic E-state index is -1.59. The summed E-state index contributed by atoms with van der Waals surface area (Å²) in [5.41, 5.74) is 0.160. The smallest absolute Gasteiger partial charge is 0.422 e. The molecule has 15 heavy (non-hydrogen) atoms. The molecule has 0 atom stereocenters. The van der Waals surface area contributed by atoms with Crippen LogP contribution in [0.3, 0.4) is 0 Å². The van der Waals surface area contributed by atoms with Crippen LogP contribution in [0.25, 0.3) is 5.95 Å². The quantitative estimate of drug-likeness (QED) is 0.591. The molecule has 2 aromatic rings. The van der Waals surface area contributed by atoms with Crippen LogP contribution in [0.4, 0.5) is 0 Å². The Labute approximate surface area is 86.4 Å². The molecule has 2 heterocycles. The molecule has 0 aromatic carbocycles. The minimum absolute atomic E-state index is 0.160. The summed E-state index contributed by atoms with van der Waals surface area (Å²) >= 11 is 0. The molecule has 0 unspecified atom stereocenters. The fraction of sp³-hybridized carbons (Fsp3) is 0.125. The summed E-state index contributed by atoms with van der Waals surface area (Å²) in [6.07, 6.45) is 4.80. The number of nitrogens with zero attached hydrogens (tertiary/aromatic N) is 4. The molecule has 0 radical (unpaired) electrons. The predicted molar refractivity (Wildman–Crippen MR) is 53.7 cm³/mol. The van der Waals surface area contributed by atoms with E-state index in [0.717, 1.165) is 5.82 Å². The second kappa shape index (κ2) is 3.80. The highest BCUT2D eigenvalue weighted by molar-refractivity contribution is 6.57. The van der Waals surface area contributed by atoms with E-state index in [4.69, 9.17) is 10.0 Å². The lowest BCUT2D eigenvalue weighted by atomic mass is 9.86. The summed E-state index contributed by atoms with van der Waals surface area (Å²) in [5, 5.41) is 17.9. The SMILES string of the molecule is Cc1nccn1-c1nccc(B(O)O)n1. The molecule has 2 rings (SSSR count). The van der Waals surface area contributed by atoms with E-state index in [1.807, 2.05) is 6.92 Å². The maximum Gasteiger partial charge on any atom is 0.508 e. The lowest BCUT2D eigenvalue weighted by Gasteiger charge is -2.04. The van der Waals surface area contributed by atoms with Crippen LogP contribution in [0.15, 0.2) is 24.7 Å². The van der Waals surface area contributed by atoms with Crippen LogP contribution in [-0.4, -0.2) is 36.7 Å². The van der Waals surface area contributed by atoms with Crippen molar-refractivity contribution in [2.75, 3.05) is 0 Å². The monoisotopic (exact) mass is 204 g/mol. The zero-order valence-electron chi connectivity index (χ0n) is 8.07. The number of hydrogen-bond acceptors (Lipinski definition) is 5. The Kier molecular flexibility index (Phi) is 2.48. The van der Waals surface area contributed by atoms with Crippen molar-refractivity contribution in [3.05, 3.63) is 30.5 Å². The second-order valence-corrected chi connectivity index (χ2v) is 3.00. The molecule has 6 nitrogen and oxygen atoms in total. The molecule has 0 fully saturated rings. The first-order chi connectivity index (χ1) is 7.18. The van der Waals surface area contributed by atoms with Gasteiger partial charge in [0.05, 0.1) is 5.59 Å². The molecule has 2 aromatic heterocycles. The molecule has 0 saturated heterocycles. The van der Waals surface area contributed by atoms with Crippen molar-refractivity contribution >= 4 is 12.7 Å². The summed E-state index contributed by atoms with van der Waals surface area (Å²) in [7, 11) is -1.59. The summed E-state index contributed by atoms with van der Waals surface area (Å²) < 4.78 is 1.66. The van der Waals surface area contributed by atoms with E-state index in [2.05, 4.69) is 15.0 Å². The average molecular weight is 204 g/mol. The van der Waals surface area contributed by atoms with Gasteiger partial charge in [-0.15, -0.1) is 0 Å². The van der Waals surface area contributed by atoms with Gasteiger partial charge in [-0.05, 0) is 13.0 Å². The van der Waals surface area contributed by atoms with Crippen LogP contribution in [0.5, 0.6) is 0 Å². The summed E-state index contributed by atoms with van der Waals surface area (Å²) in [6, 6.07) is 1.44. The highest BCUT2D eigenvalue weighted by Crippen LogP contribution is 2.01. The topological polar surface area (TPSA) is 84.1 Å². The third-order valence-corrected chi connectivity index (χ3v) is 1.97. The van der Waals surface area contributed by atoms with Crippen LogP contribution in [-0.2, 0) is 0 Å². The van der Waals surface area contributed by atoms with Crippen LogP contribution >= 0.6 is 0 Å². The molecule has 0 aliphatic heterocycles. The van der Waals surface area contributed by atoms with E-state index >= 15 is 0 Å². The average Bonchev–Trinajstić information content (AvgIpc) is 2.64. The Morgan fingerprint density at radius 3 is 2.67 bits per heavy atom. The maximum atomic E-state index is 8.96. The number of aromatic nitrogens is 4. The van der Waals surface area contributed by atoms with E-state index in [-0.39, 0.29) is 5.59 Å². The molecule has 0 amide bonds. The first kappa shape index (κ1) is 9.82. The van der Waals surface area contributed by atoms with E-state index in [9.17, 15) is 0 Å². The van der Waals surface area contributed by atoms with Crippen molar-refractivity contribution in [2.45, 2.75) is 6.92 Å². The molecule has 0 bridgehead atoms. The second-order valence-electron chi connectivity index (χ2n) is 3.00. The Morgan fingerprint density at radius 1 is 1.27 bits per heavy atom.